The van der Waals surface area contributed by atoms with E-state index in [9.17, 15) is 15.2 Å². The Labute approximate surface area is 155 Å². The predicted molar refractivity (Wildman–Crippen MR) is 97.5 cm³/mol. The van der Waals surface area contributed by atoms with Crippen LogP contribution >= 0.6 is 23.2 Å². The van der Waals surface area contributed by atoms with E-state index in [2.05, 4.69) is 4.98 Å². The standard InChI is InChI=1S/C18H16Cl2N2O3/c19-13-3-4-14(17(20)7-13)16-8-15(11-2-1-5-21-9-11)12(10-23)6-18(16)22(24)25/h1-5,7,9,16,18,23H,6,8,10H2/t16-,18+/m1/s1. The van der Waals surface area contributed by atoms with Crippen molar-refractivity contribution < 1.29 is 10.0 Å². The molecule has 5 nitrogen and oxygen atoms in total. The minimum Gasteiger partial charge on any atom is -0.392 e. The van der Waals surface area contributed by atoms with Crippen LogP contribution in [0.2, 0.25) is 10.0 Å². The molecule has 0 aliphatic heterocycles. The molecule has 1 heterocycles. The highest BCUT2D eigenvalue weighted by Gasteiger charge is 2.40. The smallest absolute Gasteiger partial charge is 0.224 e. The Morgan fingerprint density at radius 3 is 2.68 bits per heavy atom. The third-order valence-electron chi connectivity index (χ3n) is 4.60. The number of aliphatic hydroxyl groups excluding tert-OH is 1. The molecule has 2 atom stereocenters. The molecule has 7 heteroatoms. The molecule has 0 amide bonds. The van der Waals surface area contributed by atoms with E-state index in [-0.39, 0.29) is 18.0 Å². The molecule has 1 aromatic heterocycles. The van der Waals surface area contributed by atoms with Crippen molar-refractivity contribution in [2.24, 2.45) is 0 Å². The minimum absolute atomic E-state index is 0.178. The Kier molecular flexibility index (Phi) is 5.37. The van der Waals surface area contributed by atoms with E-state index in [1.165, 1.54) is 0 Å². The van der Waals surface area contributed by atoms with Crippen molar-refractivity contribution >= 4 is 28.8 Å². The van der Waals surface area contributed by atoms with Crippen molar-refractivity contribution in [3.8, 4) is 0 Å². The molecular weight excluding hydrogens is 363 g/mol. The molecule has 0 saturated heterocycles. The maximum Gasteiger partial charge on any atom is 0.224 e. The van der Waals surface area contributed by atoms with Gasteiger partial charge in [-0.05, 0) is 46.9 Å². The van der Waals surface area contributed by atoms with Crippen molar-refractivity contribution in [1.29, 1.82) is 0 Å². The number of nitro groups is 1. The van der Waals surface area contributed by atoms with Crippen LogP contribution in [0.25, 0.3) is 5.57 Å². The van der Waals surface area contributed by atoms with Crippen LogP contribution in [0.4, 0.5) is 0 Å². The fourth-order valence-electron chi connectivity index (χ4n) is 3.38. The SMILES string of the molecule is O=[N+]([O-])[C@H]1CC(CO)=C(c2cccnc2)C[C@@H]1c1ccc(Cl)cc1Cl. The van der Waals surface area contributed by atoms with Gasteiger partial charge in [0.2, 0.25) is 6.04 Å². The summed E-state index contributed by atoms with van der Waals surface area (Å²) >= 11 is 12.3. The van der Waals surface area contributed by atoms with E-state index in [0.29, 0.717) is 27.6 Å². The summed E-state index contributed by atoms with van der Waals surface area (Å²) in [5, 5.41) is 22.3. The number of aliphatic hydroxyl groups is 1. The van der Waals surface area contributed by atoms with Gasteiger partial charge >= 0.3 is 0 Å². The molecule has 130 valence electrons. The molecule has 3 rings (SSSR count). The maximum atomic E-state index is 11.6. The first kappa shape index (κ1) is 17.9. The Balaban J connectivity index is 2.08. The zero-order valence-electron chi connectivity index (χ0n) is 13.2. The molecule has 0 saturated carbocycles. The van der Waals surface area contributed by atoms with E-state index < -0.39 is 12.0 Å². The van der Waals surface area contributed by atoms with Crippen molar-refractivity contribution in [3.05, 3.63) is 79.6 Å². The van der Waals surface area contributed by atoms with E-state index in [1.54, 1.807) is 36.7 Å². The zero-order chi connectivity index (χ0) is 18.0. The van der Waals surface area contributed by atoms with E-state index in [1.807, 2.05) is 6.07 Å². The number of hydrogen-bond donors (Lipinski definition) is 1. The summed E-state index contributed by atoms with van der Waals surface area (Å²) in [5.41, 5.74) is 3.13. The lowest BCUT2D eigenvalue weighted by Crippen LogP contribution is -2.32. The van der Waals surface area contributed by atoms with Gasteiger partial charge < -0.3 is 5.11 Å². The molecule has 0 fully saturated rings. The lowest BCUT2D eigenvalue weighted by atomic mass is 9.75. The highest BCUT2D eigenvalue weighted by atomic mass is 35.5. The van der Waals surface area contributed by atoms with Crippen LogP contribution in [0.3, 0.4) is 0 Å². The van der Waals surface area contributed by atoms with Crippen LogP contribution < -0.4 is 0 Å². The number of hydrogen-bond acceptors (Lipinski definition) is 4. The van der Waals surface area contributed by atoms with Crippen LogP contribution in [-0.2, 0) is 0 Å². The Morgan fingerprint density at radius 2 is 2.08 bits per heavy atom. The summed E-state index contributed by atoms with van der Waals surface area (Å²) in [6, 6.07) is 7.89. The summed E-state index contributed by atoms with van der Waals surface area (Å²) in [4.78, 5) is 15.5. The van der Waals surface area contributed by atoms with Crippen molar-refractivity contribution in [2.75, 3.05) is 6.61 Å². The number of allylic oxidation sites excluding steroid dienone is 1. The fourth-order valence-corrected chi connectivity index (χ4v) is 3.93. The van der Waals surface area contributed by atoms with E-state index in [0.717, 1.165) is 11.1 Å². The largest absolute Gasteiger partial charge is 0.392 e. The van der Waals surface area contributed by atoms with Gasteiger partial charge in [0.15, 0.2) is 0 Å². The number of nitrogens with zero attached hydrogens (tertiary/aromatic N) is 2. The van der Waals surface area contributed by atoms with Crippen LogP contribution in [0.1, 0.15) is 29.9 Å². The molecule has 0 unspecified atom stereocenters. The number of pyridine rings is 1. The highest BCUT2D eigenvalue weighted by Crippen LogP contribution is 2.44. The van der Waals surface area contributed by atoms with Gasteiger partial charge in [-0.1, -0.05) is 35.3 Å². The third kappa shape index (κ3) is 3.68. The third-order valence-corrected chi connectivity index (χ3v) is 5.17. The lowest BCUT2D eigenvalue weighted by Gasteiger charge is -2.30. The quantitative estimate of drug-likeness (QED) is 0.633. The average molecular weight is 379 g/mol. The molecule has 1 aliphatic carbocycles. The maximum absolute atomic E-state index is 11.6. The molecule has 0 spiro atoms. The molecule has 2 aromatic rings. The highest BCUT2D eigenvalue weighted by molar-refractivity contribution is 6.35. The first-order valence-corrected chi connectivity index (χ1v) is 8.57. The molecular formula is C18H16Cl2N2O3. The summed E-state index contributed by atoms with van der Waals surface area (Å²) < 4.78 is 0. The van der Waals surface area contributed by atoms with Gasteiger partial charge in [-0.15, -0.1) is 0 Å². The second kappa shape index (κ2) is 7.52. The van der Waals surface area contributed by atoms with Crippen molar-refractivity contribution in [2.45, 2.75) is 24.8 Å². The second-order valence-electron chi connectivity index (χ2n) is 6.02. The number of rotatable bonds is 4. The Bertz CT molecular complexity index is 824. The molecule has 0 bridgehead atoms. The summed E-state index contributed by atoms with van der Waals surface area (Å²) in [6.07, 6.45) is 3.96. The van der Waals surface area contributed by atoms with Gasteiger partial charge in [-0.25, -0.2) is 0 Å². The Morgan fingerprint density at radius 1 is 1.28 bits per heavy atom. The van der Waals surface area contributed by atoms with Gasteiger partial charge in [-0.2, -0.15) is 0 Å². The van der Waals surface area contributed by atoms with Crippen LogP contribution in [0, 0.1) is 10.1 Å². The molecule has 0 radical (unpaired) electrons. The topological polar surface area (TPSA) is 76.3 Å². The Hall–Kier alpha value is -1.95. The summed E-state index contributed by atoms with van der Waals surface area (Å²) in [6.45, 7) is -0.213. The van der Waals surface area contributed by atoms with Gasteiger partial charge in [-0.3, -0.25) is 15.1 Å². The second-order valence-corrected chi connectivity index (χ2v) is 6.86. The van der Waals surface area contributed by atoms with Gasteiger partial charge in [0, 0.05) is 33.8 Å². The molecule has 1 N–H and O–H groups in total. The van der Waals surface area contributed by atoms with E-state index >= 15 is 0 Å². The number of aromatic nitrogens is 1. The normalized spacial score (nSPS) is 20.6. The zero-order valence-corrected chi connectivity index (χ0v) is 14.7. The van der Waals surface area contributed by atoms with Crippen LogP contribution in [-0.4, -0.2) is 27.7 Å². The molecule has 1 aliphatic rings. The number of halogens is 2. The van der Waals surface area contributed by atoms with Crippen LogP contribution in [0.5, 0.6) is 0 Å². The molecule has 25 heavy (non-hydrogen) atoms. The van der Waals surface area contributed by atoms with Gasteiger partial charge in [0.25, 0.3) is 0 Å². The van der Waals surface area contributed by atoms with Crippen molar-refractivity contribution in [1.82, 2.24) is 4.98 Å². The van der Waals surface area contributed by atoms with E-state index in [4.69, 9.17) is 23.2 Å². The summed E-state index contributed by atoms with van der Waals surface area (Å²) in [7, 11) is 0. The lowest BCUT2D eigenvalue weighted by molar-refractivity contribution is -0.526. The minimum atomic E-state index is -0.846. The van der Waals surface area contributed by atoms with Crippen LogP contribution in [0.15, 0.2) is 48.3 Å². The average Bonchev–Trinajstić information content (AvgIpc) is 2.61. The first-order chi connectivity index (χ1) is 12.0. The summed E-state index contributed by atoms with van der Waals surface area (Å²) in [5.74, 6) is -0.398. The molecule has 1 aromatic carbocycles. The van der Waals surface area contributed by atoms with Gasteiger partial charge in [0.05, 0.1) is 12.5 Å². The van der Waals surface area contributed by atoms with Gasteiger partial charge in [0.1, 0.15) is 0 Å². The fraction of sp³-hybridized carbons (Fsp3) is 0.278. The van der Waals surface area contributed by atoms with Crippen molar-refractivity contribution in [3.63, 3.8) is 0 Å². The predicted octanol–water partition coefficient (Wildman–Crippen LogP) is 4.36. The monoisotopic (exact) mass is 378 g/mol. The number of benzene rings is 1. The first-order valence-electron chi connectivity index (χ1n) is 7.82.